The molecule has 19 heavy (non-hydrogen) atoms. The Bertz CT molecular complexity index is 732. The number of hydrogen-bond acceptors (Lipinski definition) is 2. The van der Waals surface area contributed by atoms with Crippen LogP contribution in [0.15, 0.2) is 54.7 Å². The number of para-hydroxylation sites is 1. The Morgan fingerprint density at radius 1 is 1.00 bits per heavy atom. The molecule has 0 aliphatic carbocycles. The molecule has 0 unspecified atom stereocenters. The van der Waals surface area contributed by atoms with Crippen LogP contribution < -0.4 is 5.73 Å². The van der Waals surface area contributed by atoms with Gasteiger partial charge in [0.1, 0.15) is 5.82 Å². The molecule has 0 bridgehead atoms. The van der Waals surface area contributed by atoms with Crippen LogP contribution in [0.2, 0.25) is 0 Å². The molecule has 0 aliphatic rings. The van der Waals surface area contributed by atoms with E-state index in [-0.39, 0.29) is 5.82 Å². The normalized spacial score (nSPS) is 10.8. The lowest BCUT2D eigenvalue weighted by Crippen LogP contribution is -1.97. The van der Waals surface area contributed by atoms with Crippen LogP contribution in [-0.4, -0.2) is 4.98 Å². The highest BCUT2D eigenvalue weighted by molar-refractivity contribution is 5.82. The molecule has 0 saturated carbocycles. The summed E-state index contributed by atoms with van der Waals surface area (Å²) in [6.45, 7) is 0. The molecule has 0 saturated heterocycles. The summed E-state index contributed by atoms with van der Waals surface area (Å²) in [7, 11) is 0. The van der Waals surface area contributed by atoms with E-state index in [0.717, 1.165) is 22.0 Å². The summed E-state index contributed by atoms with van der Waals surface area (Å²) in [5, 5.41) is 1.08. The molecular formula is C16H13FN2. The van der Waals surface area contributed by atoms with Crippen LogP contribution in [-0.2, 0) is 6.42 Å². The minimum atomic E-state index is -0.262. The zero-order valence-corrected chi connectivity index (χ0v) is 10.3. The van der Waals surface area contributed by atoms with Gasteiger partial charge < -0.3 is 5.73 Å². The lowest BCUT2D eigenvalue weighted by atomic mass is 10.00. The van der Waals surface area contributed by atoms with Gasteiger partial charge in [0.2, 0.25) is 0 Å². The number of benzene rings is 2. The quantitative estimate of drug-likeness (QED) is 0.708. The van der Waals surface area contributed by atoms with Crippen molar-refractivity contribution in [3.05, 3.63) is 71.7 Å². The van der Waals surface area contributed by atoms with Gasteiger partial charge in [-0.1, -0.05) is 18.2 Å². The topological polar surface area (TPSA) is 38.9 Å². The largest absolute Gasteiger partial charge is 0.398 e. The van der Waals surface area contributed by atoms with Crippen molar-refractivity contribution in [1.29, 1.82) is 0 Å². The second-order valence-corrected chi connectivity index (χ2v) is 4.51. The monoisotopic (exact) mass is 252 g/mol. The van der Waals surface area contributed by atoms with Crippen molar-refractivity contribution >= 4 is 16.6 Å². The Labute approximate surface area is 110 Å². The van der Waals surface area contributed by atoms with Gasteiger partial charge in [-0.15, -0.1) is 0 Å². The summed E-state index contributed by atoms with van der Waals surface area (Å²) in [6.07, 6.45) is 2.37. The van der Waals surface area contributed by atoms with Crippen LogP contribution >= 0.6 is 0 Å². The Morgan fingerprint density at radius 2 is 1.84 bits per heavy atom. The van der Waals surface area contributed by atoms with Gasteiger partial charge in [0.15, 0.2) is 0 Å². The molecule has 0 spiro atoms. The molecule has 1 aromatic heterocycles. The number of nitrogens with two attached hydrogens (primary N) is 1. The van der Waals surface area contributed by atoms with E-state index in [4.69, 9.17) is 5.73 Å². The summed E-state index contributed by atoms with van der Waals surface area (Å²) in [4.78, 5) is 4.32. The van der Waals surface area contributed by atoms with E-state index in [1.807, 2.05) is 30.3 Å². The van der Waals surface area contributed by atoms with Crippen LogP contribution in [0.3, 0.4) is 0 Å². The minimum Gasteiger partial charge on any atom is -0.398 e. The molecule has 3 rings (SSSR count). The van der Waals surface area contributed by atoms with Crippen molar-refractivity contribution in [2.75, 3.05) is 5.73 Å². The van der Waals surface area contributed by atoms with Crippen molar-refractivity contribution in [1.82, 2.24) is 4.98 Å². The average molecular weight is 252 g/mol. The molecule has 0 amide bonds. The molecule has 3 aromatic rings. The fourth-order valence-corrected chi connectivity index (χ4v) is 2.24. The summed E-state index contributed by atoms with van der Waals surface area (Å²) >= 11 is 0. The number of halogens is 1. The molecule has 0 aliphatic heterocycles. The fraction of sp³-hybridized carbons (Fsp3) is 0.0625. The van der Waals surface area contributed by atoms with Crippen molar-refractivity contribution in [3.63, 3.8) is 0 Å². The van der Waals surface area contributed by atoms with Gasteiger partial charge in [0.25, 0.3) is 0 Å². The van der Waals surface area contributed by atoms with Crippen molar-refractivity contribution < 1.29 is 4.39 Å². The number of aromatic nitrogens is 1. The van der Waals surface area contributed by atoms with Crippen LogP contribution in [0.4, 0.5) is 10.1 Å². The van der Waals surface area contributed by atoms with Crippen LogP contribution in [0.25, 0.3) is 10.9 Å². The van der Waals surface area contributed by atoms with E-state index in [1.165, 1.54) is 12.1 Å². The lowest BCUT2D eigenvalue weighted by Gasteiger charge is -2.08. The van der Waals surface area contributed by atoms with Crippen molar-refractivity contribution in [2.24, 2.45) is 0 Å². The Morgan fingerprint density at radius 3 is 2.74 bits per heavy atom. The summed E-state index contributed by atoms with van der Waals surface area (Å²) in [5.74, 6) is -0.262. The molecule has 2 aromatic carbocycles. The maximum atomic E-state index is 13.3. The first-order chi connectivity index (χ1) is 9.24. The number of hydrogen-bond donors (Lipinski definition) is 1. The predicted molar refractivity (Wildman–Crippen MR) is 75.4 cm³/mol. The van der Waals surface area contributed by atoms with Crippen LogP contribution in [0, 0.1) is 5.82 Å². The molecule has 0 fully saturated rings. The first-order valence-electron chi connectivity index (χ1n) is 6.10. The van der Waals surface area contributed by atoms with E-state index in [9.17, 15) is 4.39 Å². The average Bonchev–Trinajstić information content (AvgIpc) is 2.43. The third-order valence-electron chi connectivity index (χ3n) is 3.23. The van der Waals surface area contributed by atoms with E-state index < -0.39 is 0 Å². The van der Waals surface area contributed by atoms with Gasteiger partial charge in [-0.2, -0.15) is 0 Å². The first-order valence-corrected chi connectivity index (χ1v) is 6.10. The lowest BCUT2D eigenvalue weighted by molar-refractivity contribution is 0.626. The first kappa shape index (κ1) is 11.7. The third-order valence-corrected chi connectivity index (χ3v) is 3.23. The Kier molecular flexibility index (Phi) is 2.88. The molecule has 0 radical (unpaired) electrons. The summed E-state index contributed by atoms with van der Waals surface area (Å²) in [5.41, 5.74) is 9.35. The Hall–Kier alpha value is -2.42. The number of fused-ring (bicyclic) bond motifs is 1. The van der Waals surface area contributed by atoms with E-state index >= 15 is 0 Å². The highest BCUT2D eigenvalue weighted by atomic mass is 19.1. The highest BCUT2D eigenvalue weighted by Gasteiger charge is 2.06. The van der Waals surface area contributed by atoms with Gasteiger partial charge in [-0.3, -0.25) is 4.98 Å². The molecule has 94 valence electrons. The molecular weight excluding hydrogens is 239 g/mol. The van der Waals surface area contributed by atoms with Crippen LogP contribution in [0.1, 0.15) is 11.1 Å². The molecule has 2 nitrogen and oxygen atoms in total. The van der Waals surface area contributed by atoms with Gasteiger partial charge in [-0.25, -0.2) is 4.39 Å². The molecule has 3 heteroatoms. The van der Waals surface area contributed by atoms with Gasteiger partial charge in [0, 0.05) is 23.7 Å². The van der Waals surface area contributed by atoms with Crippen LogP contribution in [0.5, 0.6) is 0 Å². The molecule has 2 N–H and O–H groups in total. The fourth-order valence-electron chi connectivity index (χ4n) is 2.24. The van der Waals surface area contributed by atoms with Gasteiger partial charge in [-0.05, 0) is 41.5 Å². The van der Waals surface area contributed by atoms with Gasteiger partial charge in [0.05, 0.1) is 5.52 Å². The number of rotatable bonds is 2. The zero-order chi connectivity index (χ0) is 13.2. The maximum absolute atomic E-state index is 13.3. The third kappa shape index (κ3) is 2.27. The van der Waals surface area contributed by atoms with E-state index in [2.05, 4.69) is 4.98 Å². The number of pyridine rings is 1. The van der Waals surface area contributed by atoms with E-state index in [1.54, 1.807) is 12.3 Å². The standard InChI is InChI=1S/C16H13FN2/c17-13-5-6-15(18)12(10-13)9-11-7-8-19-16-4-2-1-3-14(11)16/h1-8,10H,9,18H2. The summed E-state index contributed by atoms with van der Waals surface area (Å²) in [6, 6.07) is 14.3. The zero-order valence-electron chi connectivity index (χ0n) is 10.3. The number of anilines is 1. The highest BCUT2D eigenvalue weighted by Crippen LogP contribution is 2.22. The predicted octanol–water partition coefficient (Wildman–Crippen LogP) is 3.55. The second-order valence-electron chi connectivity index (χ2n) is 4.51. The number of nitrogen functional groups attached to an aromatic ring is 1. The maximum Gasteiger partial charge on any atom is 0.123 e. The number of nitrogens with zero attached hydrogens (tertiary/aromatic N) is 1. The smallest absolute Gasteiger partial charge is 0.123 e. The Balaban J connectivity index is 2.08. The second kappa shape index (κ2) is 4.69. The molecule has 1 heterocycles. The van der Waals surface area contributed by atoms with Crippen molar-refractivity contribution in [3.8, 4) is 0 Å². The minimum absolute atomic E-state index is 0.262. The SMILES string of the molecule is Nc1ccc(F)cc1Cc1ccnc2ccccc12. The molecule has 0 atom stereocenters. The van der Waals surface area contributed by atoms with Crippen molar-refractivity contribution in [2.45, 2.75) is 6.42 Å². The van der Waals surface area contributed by atoms with Gasteiger partial charge >= 0.3 is 0 Å². The summed E-state index contributed by atoms with van der Waals surface area (Å²) < 4.78 is 13.3. The van der Waals surface area contributed by atoms with E-state index in [0.29, 0.717) is 12.1 Å².